The highest BCUT2D eigenvalue weighted by Crippen LogP contribution is 2.30. The van der Waals surface area contributed by atoms with Crippen LogP contribution in [0.5, 0.6) is 0 Å². The van der Waals surface area contributed by atoms with Crippen LogP contribution in [0.3, 0.4) is 0 Å². The highest BCUT2D eigenvalue weighted by atomic mass is 16.6. The summed E-state index contributed by atoms with van der Waals surface area (Å²) in [6.45, 7) is 12.6. The number of nitrogens with zero attached hydrogens (tertiary/aromatic N) is 2. The Kier molecular flexibility index (Phi) is 3.62. The maximum absolute atomic E-state index is 11.9. The molecule has 0 aliphatic carbocycles. The number of hydrogen-bond acceptors (Lipinski definition) is 2. The number of rotatable bonds is 1. The van der Waals surface area contributed by atoms with E-state index >= 15 is 0 Å². The smallest absolute Gasteiger partial charge is 0.418 e. The molecule has 1 aromatic heterocycles. The van der Waals surface area contributed by atoms with Crippen molar-refractivity contribution in [2.45, 2.75) is 26.4 Å². The minimum atomic E-state index is -0.532. The van der Waals surface area contributed by atoms with Crippen LogP contribution in [0.25, 0.3) is 16.0 Å². The molecule has 0 atom stereocenters. The number of hydrogen-bond donors (Lipinski definition) is 0. The summed E-state index contributed by atoms with van der Waals surface area (Å²) in [6.07, 6.45) is 2.89. The van der Waals surface area contributed by atoms with Gasteiger partial charge in [0, 0.05) is 12.4 Å². The Labute approximate surface area is 118 Å². The first kappa shape index (κ1) is 13.9. The van der Waals surface area contributed by atoms with Crippen molar-refractivity contribution in [3.05, 3.63) is 54.1 Å². The maximum Gasteiger partial charge on any atom is 0.418 e. The van der Waals surface area contributed by atoms with Crippen LogP contribution in [0.15, 0.2) is 42.7 Å². The summed E-state index contributed by atoms with van der Waals surface area (Å²) in [5.41, 5.74) is 1.66. The fourth-order valence-electron chi connectivity index (χ4n) is 1.80. The van der Waals surface area contributed by atoms with Crippen molar-refractivity contribution in [1.82, 2.24) is 4.57 Å². The predicted octanol–water partition coefficient (Wildman–Crippen LogP) is 4.49. The lowest BCUT2D eigenvalue weighted by molar-refractivity contribution is 0.0537. The van der Waals surface area contributed by atoms with Crippen LogP contribution in [0, 0.1) is 6.57 Å². The zero-order valence-electron chi connectivity index (χ0n) is 11.8. The van der Waals surface area contributed by atoms with E-state index < -0.39 is 11.7 Å². The van der Waals surface area contributed by atoms with Gasteiger partial charge in [-0.25, -0.2) is 9.64 Å². The van der Waals surface area contributed by atoms with Crippen LogP contribution in [-0.4, -0.2) is 16.3 Å². The van der Waals surface area contributed by atoms with Crippen molar-refractivity contribution in [2.24, 2.45) is 0 Å². The van der Waals surface area contributed by atoms with Gasteiger partial charge in [-0.3, -0.25) is 4.57 Å². The summed E-state index contributed by atoms with van der Waals surface area (Å²) < 4.78 is 6.68. The lowest BCUT2D eigenvalue weighted by atomic mass is 10.1. The normalized spacial score (nSPS) is 10.9. The fourth-order valence-corrected chi connectivity index (χ4v) is 1.80. The largest absolute Gasteiger partial charge is 0.443 e. The van der Waals surface area contributed by atoms with Crippen LogP contribution in [-0.2, 0) is 4.74 Å². The first-order valence-corrected chi connectivity index (χ1v) is 6.29. The number of para-hydroxylation sites is 1. The van der Waals surface area contributed by atoms with Crippen LogP contribution >= 0.6 is 0 Å². The highest BCUT2D eigenvalue weighted by Gasteiger charge is 2.18. The molecule has 4 nitrogen and oxygen atoms in total. The Bertz CT molecular complexity index is 672. The zero-order valence-corrected chi connectivity index (χ0v) is 11.8. The third kappa shape index (κ3) is 3.07. The zero-order chi connectivity index (χ0) is 14.8. The molecule has 102 valence electrons. The van der Waals surface area contributed by atoms with Crippen LogP contribution < -0.4 is 0 Å². The van der Waals surface area contributed by atoms with E-state index in [1.54, 1.807) is 24.5 Å². The lowest BCUT2D eigenvalue weighted by Gasteiger charge is -2.19. The quantitative estimate of drug-likeness (QED) is 0.714. The molecule has 20 heavy (non-hydrogen) atoms. The number of aromatic nitrogens is 1. The molecule has 2 rings (SSSR count). The van der Waals surface area contributed by atoms with Crippen LogP contribution in [0.4, 0.5) is 10.5 Å². The Morgan fingerprint density at radius 2 is 1.95 bits per heavy atom. The van der Waals surface area contributed by atoms with Crippen LogP contribution in [0.1, 0.15) is 20.8 Å². The van der Waals surface area contributed by atoms with Crippen molar-refractivity contribution in [1.29, 1.82) is 0 Å². The summed E-state index contributed by atoms with van der Waals surface area (Å²) in [5.74, 6) is 0. The van der Waals surface area contributed by atoms with Crippen LogP contribution in [0.2, 0.25) is 0 Å². The average Bonchev–Trinajstić information content (AvgIpc) is 2.86. The van der Waals surface area contributed by atoms with Gasteiger partial charge in [-0.2, -0.15) is 0 Å². The van der Waals surface area contributed by atoms with E-state index in [-0.39, 0.29) is 0 Å². The van der Waals surface area contributed by atoms with Crippen molar-refractivity contribution in [3.8, 4) is 11.1 Å². The van der Waals surface area contributed by atoms with Gasteiger partial charge in [0.2, 0.25) is 0 Å². The number of ether oxygens (including phenoxy) is 1. The van der Waals surface area contributed by atoms with Gasteiger partial charge in [0.25, 0.3) is 0 Å². The second-order valence-corrected chi connectivity index (χ2v) is 5.42. The molecule has 0 aliphatic rings. The first-order valence-electron chi connectivity index (χ1n) is 6.29. The summed E-state index contributed by atoms with van der Waals surface area (Å²) in [6, 6.07) is 9.11. The van der Waals surface area contributed by atoms with Gasteiger partial charge in [-0.15, -0.1) is 0 Å². The second kappa shape index (κ2) is 5.22. The molecule has 0 bridgehead atoms. The van der Waals surface area contributed by atoms with Crippen molar-refractivity contribution in [2.75, 3.05) is 0 Å². The third-order valence-electron chi connectivity index (χ3n) is 2.63. The molecule has 0 saturated carbocycles. The Morgan fingerprint density at radius 3 is 2.60 bits per heavy atom. The average molecular weight is 268 g/mol. The number of carbonyl (C=O) groups is 1. The monoisotopic (exact) mass is 268 g/mol. The molecule has 0 fully saturated rings. The van der Waals surface area contributed by atoms with E-state index in [0.717, 1.165) is 11.1 Å². The molecule has 0 amide bonds. The second-order valence-electron chi connectivity index (χ2n) is 5.42. The fraction of sp³-hybridized carbons (Fsp3) is 0.250. The molecule has 0 saturated heterocycles. The number of benzene rings is 1. The van der Waals surface area contributed by atoms with E-state index in [9.17, 15) is 4.79 Å². The van der Waals surface area contributed by atoms with E-state index in [1.807, 2.05) is 39.0 Å². The van der Waals surface area contributed by atoms with Gasteiger partial charge in [0.1, 0.15) is 5.60 Å². The predicted molar refractivity (Wildman–Crippen MR) is 77.8 cm³/mol. The molecule has 4 heteroatoms. The van der Waals surface area contributed by atoms with Gasteiger partial charge < -0.3 is 4.74 Å². The third-order valence-corrected chi connectivity index (χ3v) is 2.63. The van der Waals surface area contributed by atoms with Gasteiger partial charge in [-0.1, -0.05) is 24.3 Å². The van der Waals surface area contributed by atoms with Crippen molar-refractivity contribution >= 4 is 11.8 Å². The van der Waals surface area contributed by atoms with Gasteiger partial charge >= 0.3 is 6.09 Å². The van der Waals surface area contributed by atoms with Gasteiger partial charge in [0.05, 0.1) is 6.57 Å². The molecule has 0 unspecified atom stereocenters. The summed E-state index contributed by atoms with van der Waals surface area (Å²) in [4.78, 5) is 15.4. The molecule has 0 radical (unpaired) electrons. The van der Waals surface area contributed by atoms with E-state index in [2.05, 4.69) is 4.85 Å². The molecule has 2 aromatic rings. The summed E-state index contributed by atoms with van der Waals surface area (Å²) in [5, 5.41) is 0. The Morgan fingerprint density at radius 1 is 1.25 bits per heavy atom. The topological polar surface area (TPSA) is 35.6 Å². The molecular formula is C16H16N2O2. The minimum absolute atomic E-state index is 0.427. The standard InChI is InChI=1S/C16H16N2O2/c1-16(2,3)20-15(19)18-10-9-12(11-18)13-7-5-6-8-14(13)17-4/h5-11H,1-3H3. The lowest BCUT2D eigenvalue weighted by Crippen LogP contribution is -2.26. The molecule has 1 heterocycles. The van der Waals surface area contributed by atoms with E-state index in [0.29, 0.717) is 5.69 Å². The van der Waals surface area contributed by atoms with Crippen molar-refractivity contribution < 1.29 is 9.53 Å². The van der Waals surface area contributed by atoms with E-state index in [4.69, 9.17) is 11.3 Å². The van der Waals surface area contributed by atoms with Gasteiger partial charge in [0.15, 0.2) is 5.69 Å². The number of carbonyl (C=O) groups excluding carboxylic acids is 1. The molecule has 1 aromatic carbocycles. The highest BCUT2D eigenvalue weighted by molar-refractivity contribution is 5.80. The van der Waals surface area contributed by atoms with E-state index in [1.165, 1.54) is 4.57 Å². The summed E-state index contributed by atoms with van der Waals surface area (Å²) in [7, 11) is 0. The minimum Gasteiger partial charge on any atom is -0.443 e. The SMILES string of the molecule is [C-]#[N+]c1ccccc1-c1ccn(C(=O)OC(C)(C)C)c1. The Hall–Kier alpha value is -2.54. The van der Waals surface area contributed by atoms with Gasteiger partial charge in [-0.05, 0) is 38.0 Å². The molecule has 0 spiro atoms. The summed E-state index contributed by atoms with van der Waals surface area (Å²) >= 11 is 0. The molecule has 0 aliphatic heterocycles. The Balaban J connectivity index is 2.30. The maximum atomic E-state index is 11.9. The first-order chi connectivity index (χ1) is 9.40. The molecule has 0 N–H and O–H groups in total. The molecular weight excluding hydrogens is 252 g/mol. The van der Waals surface area contributed by atoms with Crippen molar-refractivity contribution in [3.63, 3.8) is 0 Å².